The molecule has 22 nitrogen and oxygen atoms in total. The Morgan fingerprint density at radius 2 is 0.647 bits per heavy atom. The predicted octanol–water partition coefficient (Wildman–Crippen LogP) is 14.4. The summed E-state index contributed by atoms with van der Waals surface area (Å²) < 4.78 is 63.5. The lowest BCUT2D eigenvalue weighted by Gasteiger charge is -2.22. The molecule has 0 heterocycles. The Bertz CT molecular complexity index is 2130. The first-order chi connectivity index (χ1) is 48.7. The van der Waals surface area contributed by atoms with Crippen molar-refractivity contribution in [2.75, 3.05) is 39.3 Å². The number of carbonyl (C=O) groups excluding carboxylic acids is 6. The summed E-state index contributed by atoms with van der Waals surface area (Å²) in [6, 6.07) is -2.17. The SMILES string of the molecule is CCCCCCCCCCCCCCCCCCCCCCCC(=O)NCCCN(CCCNC(=O)CCCCCCCCCCCCCCCCCCCCCCC)C(=O)/C=C\C(=O)N[C@@H](CCCN=C(N)N)C(=O)N[C@@H](CCCN=C(N)N)C(N)=O.O=C(O)C(F)(F)F.O=C(O)C(F)(F)F. The topological polar surface area (TPSA) is 383 Å². The molecule has 0 saturated heterocycles. The van der Waals surface area contributed by atoms with Crippen molar-refractivity contribution in [3.8, 4) is 0 Å². The maximum Gasteiger partial charge on any atom is 0.490 e. The number of carboxylic acid groups (broad SMARTS) is 2. The number of guanidine groups is 2. The number of alkyl halides is 6. The Hall–Kier alpha value is -6.38. The Labute approximate surface area is 607 Å². The largest absolute Gasteiger partial charge is 0.490 e. The number of aliphatic imine (C=N–C) groups is 2. The number of carboxylic acids is 2. The highest BCUT2D eigenvalue weighted by molar-refractivity contribution is 5.99. The number of carbonyl (C=O) groups is 8. The predicted molar refractivity (Wildman–Crippen MR) is 396 cm³/mol. The van der Waals surface area contributed by atoms with Gasteiger partial charge in [-0.25, -0.2) is 9.59 Å². The monoisotopic (exact) mass is 1470 g/mol. The average molecular weight is 1470 g/mol. The fraction of sp³-hybridized carbons (Fsp3) is 0.838. The summed E-state index contributed by atoms with van der Waals surface area (Å²) in [5.41, 5.74) is 27.4. The van der Waals surface area contributed by atoms with Gasteiger partial charge in [0.15, 0.2) is 11.9 Å². The number of hydrogen-bond acceptors (Lipinski definition) is 10. The van der Waals surface area contributed by atoms with Crippen molar-refractivity contribution in [1.29, 1.82) is 0 Å². The van der Waals surface area contributed by atoms with E-state index in [1.54, 1.807) is 4.90 Å². The fourth-order valence-corrected chi connectivity index (χ4v) is 11.2. The summed E-state index contributed by atoms with van der Waals surface area (Å²) in [4.78, 5) is 106. The summed E-state index contributed by atoms with van der Waals surface area (Å²) in [6.07, 6.45) is 50.1. The molecular formula is C74H138F6N12O10. The number of amides is 6. The molecule has 0 aromatic carbocycles. The van der Waals surface area contributed by atoms with Gasteiger partial charge in [0.2, 0.25) is 35.4 Å². The van der Waals surface area contributed by atoms with E-state index in [1.165, 1.54) is 231 Å². The summed E-state index contributed by atoms with van der Waals surface area (Å²) in [5, 5.41) is 25.5. The third-order valence-corrected chi connectivity index (χ3v) is 17.2. The molecule has 0 rings (SSSR count). The molecule has 0 radical (unpaired) electrons. The Morgan fingerprint density at radius 1 is 0.382 bits per heavy atom. The van der Waals surface area contributed by atoms with Gasteiger partial charge in [-0.1, -0.05) is 271 Å². The molecule has 0 aromatic heterocycles. The number of primary amides is 1. The molecule has 28 heteroatoms. The minimum absolute atomic E-state index is 0.00431. The Morgan fingerprint density at radius 3 is 0.902 bits per heavy atom. The van der Waals surface area contributed by atoms with Crippen molar-refractivity contribution in [3.05, 3.63) is 12.2 Å². The minimum Gasteiger partial charge on any atom is -0.475 e. The molecule has 102 heavy (non-hydrogen) atoms. The summed E-state index contributed by atoms with van der Waals surface area (Å²) in [7, 11) is 0. The maximum atomic E-state index is 13.7. The van der Waals surface area contributed by atoms with E-state index in [1.807, 2.05) is 0 Å². The zero-order valence-corrected chi connectivity index (χ0v) is 62.6. The second kappa shape index (κ2) is 70.3. The fourth-order valence-electron chi connectivity index (χ4n) is 11.2. The molecule has 0 saturated carbocycles. The van der Waals surface area contributed by atoms with Crippen LogP contribution in [0.5, 0.6) is 0 Å². The summed E-state index contributed by atoms with van der Waals surface area (Å²) in [6.45, 7) is 6.36. The molecule has 0 aliphatic carbocycles. The van der Waals surface area contributed by atoms with E-state index in [9.17, 15) is 55.1 Å². The lowest BCUT2D eigenvalue weighted by atomic mass is 10.0. The van der Waals surface area contributed by atoms with Gasteiger partial charge in [-0.3, -0.25) is 38.8 Å². The first-order valence-corrected chi connectivity index (χ1v) is 38.8. The third-order valence-electron chi connectivity index (χ3n) is 17.2. The van der Waals surface area contributed by atoms with Crippen LogP contribution in [0.4, 0.5) is 26.3 Å². The van der Waals surface area contributed by atoms with Gasteiger partial charge in [0.05, 0.1) is 0 Å². The van der Waals surface area contributed by atoms with Gasteiger partial charge < -0.3 is 65.0 Å². The zero-order valence-electron chi connectivity index (χ0n) is 62.6. The van der Waals surface area contributed by atoms with Crippen LogP contribution >= 0.6 is 0 Å². The first kappa shape index (κ1) is 99.8. The zero-order chi connectivity index (χ0) is 76.8. The molecule has 596 valence electrons. The van der Waals surface area contributed by atoms with Crippen molar-refractivity contribution >= 4 is 59.3 Å². The minimum atomic E-state index is -5.08. The standard InChI is InChI=1S/C70H136N12O6.2C2HF3O2/c1-3-5-7-9-11-13-15-17-19-21-23-25-27-29-31-33-35-37-39-41-43-51-63(83)76-57-47-59-82(60-48-58-77-64(84)52-44-42-40-38-36-34-32-30-28-26-24-22-20-18-16-14-12-10-8-6-4-2)66(86)54-53-65(85)80-62(50-46-56-79-70(74)75)68(88)81-61(67(71)87)49-45-55-78-69(72)73;2*3-2(4,5)1(6)7/h53-54,61-62H,3-52,55-60H2,1-2H3,(H2,71,87)(H,76,83)(H,77,84)(H,80,85)(H,81,88)(H4,72,73,78)(H4,74,75,79);2*(H,6,7)/b54-53-;;/t61-,62-;;/m0../s1. The highest BCUT2D eigenvalue weighted by Crippen LogP contribution is 2.19. The molecule has 0 aromatic rings. The van der Waals surface area contributed by atoms with Gasteiger partial charge in [0, 0.05) is 64.3 Å². The smallest absolute Gasteiger partial charge is 0.475 e. The number of nitrogens with one attached hydrogen (secondary N) is 4. The molecule has 16 N–H and O–H groups in total. The van der Waals surface area contributed by atoms with Gasteiger partial charge in [-0.05, 0) is 51.4 Å². The molecular weight excluding hydrogens is 1330 g/mol. The maximum absolute atomic E-state index is 13.7. The lowest BCUT2D eigenvalue weighted by molar-refractivity contribution is -0.193. The number of halogens is 6. The van der Waals surface area contributed by atoms with Gasteiger partial charge >= 0.3 is 24.3 Å². The molecule has 0 spiro atoms. The van der Waals surface area contributed by atoms with Crippen LogP contribution in [0.3, 0.4) is 0 Å². The van der Waals surface area contributed by atoms with Crippen molar-refractivity contribution < 1.29 is 74.9 Å². The lowest BCUT2D eigenvalue weighted by Crippen LogP contribution is -2.52. The molecule has 0 unspecified atom stereocenters. The molecule has 0 bridgehead atoms. The van der Waals surface area contributed by atoms with E-state index < -0.39 is 60.0 Å². The van der Waals surface area contributed by atoms with Gasteiger partial charge in [0.25, 0.3) is 0 Å². The van der Waals surface area contributed by atoms with E-state index in [0.29, 0.717) is 64.7 Å². The molecule has 0 fully saturated rings. The molecule has 2 atom stereocenters. The summed E-state index contributed by atoms with van der Waals surface area (Å²) >= 11 is 0. The Balaban J connectivity index is -0.00000628. The van der Waals surface area contributed by atoms with Crippen LogP contribution in [0.1, 0.15) is 335 Å². The van der Waals surface area contributed by atoms with E-state index in [-0.39, 0.29) is 49.7 Å². The summed E-state index contributed by atoms with van der Waals surface area (Å²) in [5.74, 6) is -8.32. The number of nitrogens with zero attached hydrogens (tertiary/aromatic N) is 3. The number of nitrogens with two attached hydrogens (primary N) is 5. The van der Waals surface area contributed by atoms with Crippen LogP contribution in [-0.4, -0.2) is 138 Å². The number of rotatable bonds is 66. The van der Waals surface area contributed by atoms with Crippen LogP contribution in [0.2, 0.25) is 0 Å². The van der Waals surface area contributed by atoms with Crippen LogP contribution in [0, 0.1) is 0 Å². The van der Waals surface area contributed by atoms with Crippen molar-refractivity contribution in [2.45, 2.75) is 359 Å². The first-order valence-electron chi connectivity index (χ1n) is 38.8. The van der Waals surface area contributed by atoms with Crippen molar-refractivity contribution in [1.82, 2.24) is 26.2 Å². The highest BCUT2D eigenvalue weighted by atomic mass is 19.4. The van der Waals surface area contributed by atoms with E-state index >= 15 is 0 Å². The third kappa shape index (κ3) is 73.4. The number of hydrogen-bond donors (Lipinski definition) is 11. The van der Waals surface area contributed by atoms with Gasteiger partial charge in [0.1, 0.15) is 12.1 Å². The number of unbranched alkanes of at least 4 members (excludes halogenated alkanes) is 40. The van der Waals surface area contributed by atoms with E-state index in [4.69, 9.17) is 48.5 Å². The average Bonchev–Trinajstić information content (AvgIpc) is 0.896. The second-order valence-electron chi connectivity index (χ2n) is 26.7. The van der Waals surface area contributed by atoms with Gasteiger partial charge in [-0.15, -0.1) is 0 Å². The quantitative estimate of drug-likeness (QED) is 0.00887. The molecule has 0 aliphatic rings. The van der Waals surface area contributed by atoms with Crippen LogP contribution in [0.15, 0.2) is 22.1 Å². The van der Waals surface area contributed by atoms with Crippen molar-refractivity contribution in [3.63, 3.8) is 0 Å². The number of aliphatic carboxylic acids is 2. The van der Waals surface area contributed by atoms with E-state index in [0.717, 1.165) is 50.7 Å². The van der Waals surface area contributed by atoms with Crippen LogP contribution in [-0.2, 0) is 38.4 Å². The van der Waals surface area contributed by atoms with Crippen LogP contribution in [0.25, 0.3) is 0 Å². The van der Waals surface area contributed by atoms with E-state index in [2.05, 4.69) is 45.1 Å². The second-order valence-corrected chi connectivity index (χ2v) is 26.7. The normalized spacial score (nSPS) is 11.8. The highest BCUT2D eigenvalue weighted by Gasteiger charge is 2.39. The molecule has 6 amide bonds. The van der Waals surface area contributed by atoms with Crippen molar-refractivity contribution in [2.24, 2.45) is 38.7 Å². The Kier molecular flexibility index (Phi) is 68.8. The van der Waals surface area contributed by atoms with Crippen LogP contribution < -0.4 is 49.9 Å². The molecule has 0 aliphatic heterocycles. The van der Waals surface area contributed by atoms with Gasteiger partial charge in [-0.2, -0.15) is 26.3 Å².